The number of likely N-dealkylation sites (N-methyl/N-ethyl adjacent to an activating group) is 1. The minimum atomic E-state index is -0.441. The first kappa shape index (κ1) is 15.1. The number of hydrogen-bond donors (Lipinski definition) is 1. The Morgan fingerprint density at radius 2 is 2.22 bits per heavy atom. The van der Waals surface area contributed by atoms with Crippen molar-refractivity contribution in [2.75, 3.05) is 27.3 Å². The van der Waals surface area contributed by atoms with Crippen molar-refractivity contribution in [1.82, 2.24) is 14.7 Å². The number of hydrogen-bond acceptors (Lipinski definition) is 4. The first-order valence-corrected chi connectivity index (χ1v) is 6.51. The van der Waals surface area contributed by atoms with Crippen molar-refractivity contribution in [3.05, 3.63) is 17.5 Å². The van der Waals surface area contributed by atoms with Crippen molar-refractivity contribution in [3.8, 4) is 0 Å². The molecule has 0 saturated heterocycles. The molecule has 5 heteroatoms. The monoisotopic (exact) mass is 255 g/mol. The Kier molecular flexibility index (Phi) is 6.32. The van der Waals surface area contributed by atoms with Crippen molar-refractivity contribution < 1.29 is 9.84 Å². The van der Waals surface area contributed by atoms with E-state index in [0.29, 0.717) is 13.2 Å². The van der Waals surface area contributed by atoms with Crippen LogP contribution in [-0.2, 0) is 24.2 Å². The van der Waals surface area contributed by atoms with Gasteiger partial charge in [0.1, 0.15) is 0 Å². The van der Waals surface area contributed by atoms with Gasteiger partial charge in [0.15, 0.2) is 0 Å². The SMILES string of the molecule is CCc1cc(CN(C)CC(O)COC)n(CC)n1. The van der Waals surface area contributed by atoms with Crippen LogP contribution in [0.2, 0.25) is 0 Å². The molecule has 1 aromatic heterocycles. The van der Waals surface area contributed by atoms with Crippen molar-refractivity contribution in [3.63, 3.8) is 0 Å². The molecule has 0 saturated carbocycles. The molecule has 0 fully saturated rings. The van der Waals surface area contributed by atoms with Crippen molar-refractivity contribution >= 4 is 0 Å². The molecule has 1 heterocycles. The number of aliphatic hydroxyl groups excluding tert-OH is 1. The van der Waals surface area contributed by atoms with E-state index in [9.17, 15) is 5.11 Å². The molecule has 0 amide bonds. The van der Waals surface area contributed by atoms with Crippen LogP contribution in [0, 0.1) is 0 Å². The van der Waals surface area contributed by atoms with Crippen molar-refractivity contribution in [1.29, 1.82) is 0 Å². The number of rotatable bonds is 8. The van der Waals surface area contributed by atoms with Crippen LogP contribution in [0.3, 0.4) is 0 Å². The molecule has 1 atom stereocenters. The molecule has 104 valence electrons. The molecule has 0 aliphatic rings. The molecule has 0 bridgehead atoms. The van der Waals surface area contributed by atoms with Crippen LogP contribution in [0.25, 0.3) is 0 Å². The van der Waals surface area contributed by atoms with Gasteiger partial charge in [-0.2, -0.15) is 5.10 Å². The highest BCUT2D eigenvalue weighted by atomic mass is 16.5. The lowest BCUT2D eigenvalue weighted by Gasteiger charge is -2.20. The Morgan fingerprint density at radius 1 is 1.50 bits per heavy atom. The zero-order valence-corrected chi connectivity index (χ0v) is 11.9. The molecule has 0 aromatic carbocycles. The molecule has 0 radical (unpaired) electrons. The van der Waals surface area contributed by atoms with Gasteiger partial charge in [0.05, 0.1) is 24.1 Å². The molecule has 0 aliphatic carbocycles. The summed E-state index contributed by atoms with van der Waals surface area (Å²) in [7, 11) is 3.60. The summed E-state index contributed by atoms with van der Waals surface area (Å²) >= 11 is 0. The molecule has 1 rings (SSSR count). The third-order valence-corrected chi connectivity index (χ3v) is 2.89. The molecule has 1 aromatic rings. The van der Waals surface area contributed by atoms with E-state index in [0.717, 1.165) is 25.2 Å². The minimum Gasteiger partial charge on any atom is -0.389 e. The summed E-state index contributed by atoms with van der Waals surface area (Å²) in [6.45, 7) is 6.85. The minimum absolute atomic E-state index is 0.373. The fraction of sp³-hybridized carbons (Fsp3) is 0.769. The summed E-state index contributed by atoms with van der Waals surface area (Å²) in [6, 6.07) is 2.14. The summed E-state index contributed by atoms with van der Waals surface area (Å²) < 4.78 is 6.95. The molecule has 5 nitrogen and oxygen atoms in total. The highest BCUT2D eigenvalue weighted by Crippen LogP contribution is 2.08. The van der Waals surface area contributed by atoms with E-state index in [1.807, 2.05) is 11.7 Å². The van der Waals surface area contributed by atoms with Crippen LogP contribution in [0.15, 0.2) is 6.07 Å². The Bertz CT molecular complexity index is 352. The van der Waals surface area contributed by atoms with E-state index < -0.39 is 6.10 Å². The summed E-state index contributed by atoms with van der Waals surface area (Å²) in [4.78, 5) is 2.09. The summed E-state index contributed by atoms with van der Waals surface area (Å²) in [5, 5.41) is 14.2. The number of nitrogens with zero attached hydrogens (tertiary/aromatic N) is 3. The molecular formula is C13H25N3O2. The van der Waals surface area contributed by atoms with Gasteiger partial charge < -0.3 is 9.84 Å². The van der Waals surface area contributed by atoms with Gasteiger partial charge in [0.25, 0.3) is 0 Å². The van der Waals surface area contributed by atoms with Gasteiger partial charge in [-0.05, 0) is 26.5 Å². The van der Waals surface area contributed by atoms with E-state index in [1.54, 1.807) is 7.11 Å². The molecular weight excluding hydrogens is 230 g/mol. The maximum atomic E-state index is 9.69. The Labute approximate surface area is 109 Å². The first-order valence-electron chi connectivity index (χ1n) is 6.51. The fourth-order valence-electron chi connectivity index (χ4n) is 2.03. The third kappa shape index (κ3) is 4.40. The number of aryl methyl sites for hydroxylation is 2. The van der Waals surface area contributed by atoms with Crippen LogP contribution in [-0.4, -0.2) is 53.2 Å². The van der Waals surface area contributed by atoms with E-state index in [-0.39, 0.29) is 0 Å². The number of aromatic nitrogens is 2. The Hall–Kier alpha value is -0.910. The highest BCUT2D eigenvalue weighted by molar-refractivity contribution is 5.10. The largest absolute Gasteiger partial charge is 0.389 e. The van der Waals surface area contributed by atoms with Crippen molar-refractivity contribution in [2.45, 2.75) is 39.5 Å². The molecule has 0 aliphatic heterocycles. The van der Waals surface area contributed by atoms with Gasteiger partial charge >= 0.3 is 0 Å². The second-order valence-electron chi connectivity index (χ2n) is 4.60. The van der Waals surface area contributed by atoms with Crippen molar-refractivity contribution in [2.24, 2.45) is 0 Å². The maximum Gasteiger partial charge on any atom is 0.0900 e. The smallest absolute Gasteiger partial charge is 0.0900 e. The highest BCUT2D eigenvalue weighted by Gasteiger charge is 2.11. The van der Waals surface area contributed by atoms with Crippen LogP contribution in [0.4, 0.5) is 0 Å². The second kappa shape index (κ2) is 7.51. The first-order chi connectivity index (χ1) is 8.60. The zero-order valence-electron chi connectivity index (χ0n) is 11.9. The van der Waals surface area contributed by atoms with Gasteiger partial charge in [0, 0.05) is 26.7 Å². The van der Waals surface area contributed by atoms with E-state index >= 15 is 0 Å². The molecule has 1 unspecified atom stereocenters. The maximum absolute atomic E-state index is 9.69. The quantitative estimate of drug-likeness (QED) is 0.750. The van der Waals surface area contributed by atoms with Gasteiger partial charge in [-0.25, -0.2) is 0 Å². The lowest BCUT2D eigenvalue weighted by Crippen LogP contribution is -2.32. The standard InChI is InChI=1S/C13H25N3O2/c1-5-11-7-12(16(6-2)14-11)8-15(3)9-13(17)10-18-4/h7,13,17H,5-6,8-10H2,1-4H3. The topological polar surface area (TPSA) is 50.5 Å². The van der Waals surface area contributed by atoms with Gasteiger partial charge in [0.2, 0.25) is 0 Å². The Balaban J connectivity index is 2.57. The predicted molar refractivity (Wildman–Crippen MR) is 71.5 cm³/mol. The molecule has 1 N–H and O–H groups in total. The normalized spacial score (nSPS) is 13.2. The van der Waals surface area contributed by atoms with Crippen LogP contribution >= 0.6 is 0 Å². The van der Waals surface area contributed by atoms with Crippen LogP contribution in [0.1, 0.15) is 25.2 Å². The molecule has 18 heavy (non-hydrogen) atoms. The molecule has 0 spiro atoms. The summed E-state index contributed by atoms with van der Waals surface area (Å²) in [5.74, 6) is 0. The zero-order chi connectivity index (χ0) is 13.5. The average molecular weight is 255 g/mol. The third-order valence-electron chi connectivity index (χ3n) is 2.89. The van der Waals surface area contributed by atoms with E-state index in [2.05, 4.69) is 29.9 Å². The number of methoxy groups -OCH3 is 1. The Morgan fingerprint density at radius 3 is 2.78 bits per heavy atom. The average Bonchev–Trinajstić information content (AvgIpc) is 2.71. The van der Waals surface area contributed by atoms with Gasteiger partial charge in [-0.15, -0.1) is 0 Å². The number of aliphatic hydroxyl groups is 1. The van der Waals surface area contributed by atoms with E-state index in [4.69, 9.17) is 4.74 Å². The van der Waals surface area contributed by atoms with Gasteiger partial charge in [-0.1, -0.05) is 6.92 Å². The lowest BCUT2D eigenvalue weighted by molar-refractivity contribution is 0.0414. The van der Waals surface area contributed by atoms with Crippen LogP contribution in [0.5, 0.6) is 0 Å². The predicted octanol–water partition coefficient (Wildman–Crippen LogP) is 0.904. The van der Waals surface area contributed by atoms with Crippen LogP contribution < -0.4 is 0 Å². The fourth-order valence-corrected chi connectivity index (χ4v) is 2.03. The second-order valence-corrected chi connectivity index (χ2v) is 4.60. The lowest BCUT2D eigenvalue weighted by atomic mass is 10.3. The van der Waals surface area contributed by atoms with E-state index in [1.165, 1.54) is 5.69 Å². The van der Waals surface area contributed by atoms with Gasteiger partial charge in [-0.3, -0.25) is 9.58 Å². The summed E-state index contributed by atoms with van der Waals surface area (Å²) in [6.07, 6.45) is 0.513. The number of ether oxygens (including phenoxy) is 1. The summed E-state index contributed by atoms with van der Waals surface area (Å²) in [5.41, 5.74) is 2.32.